The Hall–Kier alpha value is -2.04. The number of carbonyl (C=O) groups is 1. The van der Waals surface area contributed by atoms with Crippen LogP contribution in [0.15, 0.2) is 29.2 Å². The van der Waals surface area contributed by atoms with Crippen LogP contribution in [-0.4, -0.2) is 44.9 Å². The Kier molecular flexibility index (Phi) is 5.64. The normalized spacial score (nSPS) is 17.8. The van der Waals surface area contributed by atoms with Crippen LogP contribution < -0.4 is 15.4 Å². The number of nitro groups is 1. The van der Waals surface area contributed by atoms with E-state index in [4.69, 9.17) is 0 Å². The van der Waals surface area contributed by atoms with Gasteiger partial charge in [-0.15, -0.1) is 0 Å². The first-order valence-corrected chi connectivity index (χ1v) is 8.61. The lowest BCUT2D eigenvalue weighted by atomic mass is 10.2. The molecule has 0 aromatic heterocycles. The van der Waals surface area contributed by atoms with Crippen molar-refractivity contribution in [3.8, 4) is 0 Å². The summed E-state index contributed by atoms with van der Waals surface area (Å²) in [6.45, 7) is 1.54. The number of amides is 1. The van der Waals surface area contributed by atoms with Gasteiger partial charge in [-0.3, -0.25) is 14.9 Å². The average molecular weight is 342 g/mol. The number of hydrogen-bond acceptors (Lipinski definition) is 6. The lowest BCUT2D eigenvalue weighted by molar-refractivity contribution is -0.384. The molecule has 0 spiro atoms. The van der Waals surface area contributed by atoms with Crippen LogP contribution in [0.5, 0.6) is 0 Å². The quantitative estimate of drug-likeness (QED) is 0.462. The summed E-state index contributed by atoms with van der Waals surface area (Å²) in [6, 6.07) is 4.65. The molecule has 1 fully saturated rings. The molecule has 0 saturated carbocycles. The third-order valence-corrected chi connectivity index (χ3v) is 4.90. The number of nitrogens with one attached hydrogen (secondary N) is 3. The van der Waals surface area contributed by atoms with E-state index in [2.05, 4.69) is 15.4 Å². The van der Waals surface area contributed by atoms with E-state index >= 15 is 0 Å². The maximum atomic E-state index is 12.0. The van der Waals surface area contributed by atoms with Gasteiger partial charge in [0.25, 0.3) is 5.69 Å². The van der Waals surface area contributed by atoms with Crippen LogP contribution >= 0.6 is 0 Å². The minimum atomic E-state index is -3.79. The molecule has 2 rings (SSSR count). The van der Waals surface area contributed by atoms with E-state index in [1.165, 1.54) is 0 Å². The Morgan fingerprint density at radius 1 is 1.35 bits per heavy atom. The second-order valence-corrected chi connectivity index (χ2v) is 6.92. The molecule has 1 unspecified atom stereocenters. The summed E-state index contributed by atoms with van der Waals surface area (Å²) in [5, 5.41) is 16.5. The van der Waals surface area contributed by atoms with Crippen molar-refractivity contribution in [2.75, 3.05) is 19.6 Å². The molecule has 23 heavy (non-hydrogen) atoms. The molecule has 1 saturated heterocycles. The highest BCUT2D eigenvalue weighted by Gasteiger charge is 2.18. The van der Waals surface area contributed by atoms with Gasteiger partial charge in [-0.05, 0) is 25.1 Å². The number of rotatable bonds is 7. The third-order valence-electron chi connectivity index (χ3n) is 3.43. The number of sulfonamides is 1. The van der Waals surface area contributed by atoms with Gasteiger partial charge in [0, 0.05) is 37.7 Å². The zero-order valence-electron chi connectivity index (χ0n) is 12.3. The molecule has 1 aliphatic heterocycles. The molecule has 1 aromatic carbocycles. The summed E-state index contributed by atoms with van der Waals surface area (Å²) < 4.78 is 26.3. The summed E-state index contributed by atoms with van der Waals surface area (Å²) in [6.07, 6.45) is 0.892. The topological polar surface area (TPSA) is 130 Å². The van der Waals surface area contributed by atoms with Crippen LogP contribution in [0.1, 0.15) is 12.8 Å². The Bertz CT molecular complexity index is 668. The highest BCUT2D eigenvalue weighted by molar-refractivity contribution is 7.89. The molecule has 1 heterocycles. The molecule has 126 valence electrons. The summed E-state index contributed by atoms with van der Waals surface area (Å²) in [7, 11) is -3.79. The van der Waals surface area contributed by atoms with E-state index < -0.39 is 14.9 Å². The first-order chi connectivity index (χ1) is 10.9. The Balaban J connectivity index is 1.83. The number of nitrogens with zero attached hydrogens (tertiary/aromatic N) is 1. The van der Waals surface area contributed by atoms with E-state index in [0.29, 0.717) is 0 Å². The molecule has 1 atom stereocenters. The monoisotopic (exact) mass is 342 g/mol. The van der Waals surface area contributed by atoms with Crippen molar-refractivity contribution in [3.05, 3.63) is 34.4 Å². The van der Waals surface area contributed by atoms with E-state index in [-0.39, 0.29) is 35.5 Å². The van der Waals surface area contributed by atoms with Crippen molar-refractivity contribution in [3.63, 3.8) is 0 Å². The van der Waals surface area contributed by atoms with Crippen molar-refractivity contribution in [1.82, 2.24) is 15.4 Å². The lowest BCUT2D eigenvalue weighted by Crippen LogP contribution is -2.38. The molecule has 1 aliphatic rings. The fourth-order valence-electron chi connectivity index (χ4n) is 2.21. The van der Waals surface area contributed by atoms with Crippen LogP contribution in [0.3, 0.4) is 0 Å². The maximum Gasteiger partial charge on any atom is 0.269 e. The largest absolute Gasteiger partial charge is 0.352 e. The molecular weight excluding hydrogens is 324 g/mol. The fraction of sp³-hybridized carbons (Fsp3) is 0.462. The molecule has 10 heteroatoms. The average Bonchev–Trinajstić information content (AvgIpc) is 3.00. The number of benzene rings is 1. The van der Waals surface area contributed by atoms with Crippen LogP contribution in [0, 0.1) is 10.1 Å². The standard InChI is InChI=1S/C13H18N4O5S/c18-13(16-10-5-7-14-9-10)6-8-15-23(21,22)12-3-1-11(2-4-12)17(19)20/h1-4,10,14-15H,5-9H2,(H,16,18). The van der Waals surface area contributed by atoms with Crippen LogP contribution in [0.4, 0.5) is 5.69 Å². The third kappa shape index (κ3) is 4.98. The van der Waals surface area contributed by atoms with Gasteiger partial charge in [0.1, 0.15) is 0 Å². The van der Waals surface area contributed by atoms with Crippen LogP contribution in [0.2, 0.25) is 0 Å². The molecule has 3 N–H and O–H groups in total. The SMILES string of the molecule is O=C(CCNS(=O)(=O)c1ccc([N+](=O)[O-])cc1)NC1CCNC1. The molecule has 9 nitrogen and oxygen atoms in total. The van der Waals surface area contributed by atoms with Gasteiger partial charge in [-0.25, -0.2) is 13.1 Å². The van der Waals surface area contributed by atoms with E-state index in [1.54, 1.807) is 0 Å². The van der Waals surface area contributed by atoms with Crippen LogP contribution in [-0.2, 0) is 14.8 Å². The molecule has 1 aromatic rings. The fourth-order valence-corrected chi connectivity index (χ4v) is 3.24. The summed E-state index contributed by atoms with van der Waals surface area (Å²) in [4.78, 5) is 21.5. The predicted molar refractivity (Wildman–Crippen MR) is 82.3 cm³/mol. The van der Waals surface area contributed by atoms with Crippen molar-refractivity contribution in [2.24, 2.45) is 0 Å². The molecule has 0 aliphatic carbocycles. The van der Waals surface area contributed by atoms with E-state index in [1.807, 2.05) is 0 Å². The van der Waals surface area contributed by atoms with Crippen molar-refractivity contribution >= 4 is 21.6 Å². The maximum absolute atomic E-state index is 12.0. The Labute approximate surface area is 133 Å². The molecule has 0 radical (unpaired) electrons. The zero-order valence-corrected chi connectivity index (χ0v) is 13.1. The predicted octanol–water partition coefficient (Wildman–Crippen LogP) is -0.259. The van der Waals surface area contributed by atoms with Crippen molar-refractivity contribution in [2.45, 2.75) is 23.8 Å². The summed E-state index contributed by atoms with van der Waals surface area (Å²) in [5.74, 6) is -0.218. The van der Waals surface area contributed by atoms with Gasteiger partial charge < -0.3 is 10.6 Å². The van der Waals surface area contributed by atoms with Crippen molar-refractivity contribution in [1.29, 1.82) is 0 Å². The summed E-state index contributed by atoms with van der Waals surface area (Å²) >= 11 is 0. The Morgan fingerprint density at radius 2 is 2.04 bits per heavy atom. The van der Waals surface area contributed by atoms with Gasteiger partial charge in [0.15, 0.2) is 0 Å². The van der Waals surface area contributed by atoms with Gasteiger partial charge >= 0.3 is 0 Å². The molecular formula is C13H18N4O5S. The molecule has 1 amide bonds. The van der Waals surface area contributed by atoms with Gasteiger partial charge in [-0.2, -0.15) is 0 Å². The van der Waals surface area contributed by atoms with Crippen LogP contribution in [0.25, 0.3) is 0 Å². The zero-order chi connectivity index (χ0) is 16.9. The number of non-ortho nitro benzene ring substituents is 1. The van der Waals surface area contributed by atoms with Gasteiger partial charge in [-0.1, -0.05) is 0 Å². The first kappa shape index (κ1) is 17.3. The van der Waals surface area contributed by atoms with Gasteiger partial charge in [0.05, 0.1) is 9.82 Å². The highest BCUT2D eigenvalue weighted by Crippen LogP contribution is 2.15. The number of hydrogen-bond donors (Lipinski definition) is 3. The first-order valence-electron chi connectivity index (χ1n) is 7.13. The number of carbonyl (C=O) groups excluding carboxylic acids is 1. The van der Waals surface area contributed by atoms with E-state index in [9.17, 15) is 23.3 Å². The lowest BCUT2D eigenvalue weighted by Gasteiger charge is -2.11. The van der Waals surface area contributed by atoms with E-state index in [0.717, 1.165) is 43.8 Å². The van der Waals surface area contributed by atoms with Crippen molar-refractivity contribution < 1.29 is 18.1 Å². The summed E-state index contributed by atoms with van der Waals surface area (Å²) in [5.41, 5.74) is -0.187. The smallest absolute Gasteiger partial charge is 0.269 e. The second-order valence-electron chi connectivity index (χ2n) is 5.16. The minimum Gasteiger partial charge on any atom is -0.352 e. The minimum absolute atomic E-state index is 0.0305. The second kappa shape index (κ2) is 7.49. The van der Waals surface area contributed by atoms with Gasteiger partial charge in [0.2, 0.25) is 15.9 Å². The Morgan fingerprint density at radius 3 is 2.61 bits per heavy atom. The highest BCUT2D eigenvalue weighted by atomic mass is 32.2. The molecule has 0 bridgehead atoms. The number of nitro benzene ring substituents is 1.